The van der Waals surface area contributed by atoms with Gasteiger partial charge in [0.15, 0.2) is 5.78 Å². The molecule has 0 bridgehead atoms. The van der Waals surface area contributed by atoms with E-state index in [2.05, 4.69) is 5.10 Å². The minimum Gasteiger partial charge on any atom is -0.383 e. The van der Waals surface area contributed by atoms with Gasteiger partial charge in [0.1, 0.15) is 5.82 Å². The molecule has 0 radical (unpaired) electrons. The molecule has 4 rings (SSSR count). The lowest BCUT2D eigenvalue weighted by atomic mass is 9.98. The second-order valence-corrected chi connectivity index (χ2v) is 7.80. The van der Waals surface area contributed by atoms with Crippen LogP contribution in [0.1, 0.15) is 35.2 Å². The highest BCUT2D eigenvalue weighted by molar-refractivity contribution is 6.02. The third kappa shape index (κ3) is 3.74. The van der Waals surface area contributed by atoms with Crippen LogP contribution in [0.5, 0.6) is 0 Å². The van der Waals surface area contributed by atoms with Gasteiger partial charge in [0.25, 0.3) is 0 Å². The molecule has 1 atom stereocenters. The summed E-state index contributed by atoms with van der Waals surface area (Å²) in [5.74, 6) is -0.147. The van der Waals surface area contributed by atoms with Crippen molar-refractivity contribution >= 4 is 23.4 Å². The fraction of sp³-hybridized carbons (Fsp3) is 0.429. The number of benzene rings is 1. The number of nitrogens with two attached hydrogens (primary N) is 1. The number of hydrogen-bond donors (Lipinski definition) is 1. The Hall–Kier alpha value is -3.16. The van der Waals surface area contributed by atoms with E-state index in [1.165, 1.54) is 6.20 Å². The summed E-state index contributed by atoms with van der Waals surface area (Å²) in [6.07, 6.45) is 3.41. The summed E-state index contributed by atoms with van der Waals surface area (Å²) in [5, 5.41) is 4.29. The monoisotopic (exact) mass is 395 g/mol. The van der Waals surface area contributed by atoms with Crippen LogP contribution in [0.2, 0.25) is 0 Å². The van der Waals surface area contributed by atoms with Crippen LogP contribution >= 0.6 is 0 Å². The van der Waals surface area contributed by atoms with Crippen LogP contribution in [-0.4, -0.2) is 63.4 Å². The maximum absolute atomic E-state index is 13.0. The zero-order chi connectivity index (χ0) is 20.5. The zero-order valence-corrected chi connectivity index (χ0v) is 16.5. The highest BCUT2D eigenvalue weighted by atomic mass is 16.2. The second kappa shape index (κ2) is 7.69. The van der Waals surface area contributed by atoms with Crippen LogP contribution in [0.3, 0.4) is 0 Å². The van der Waals surface area contributed by atoms with E-state index in [1.54, 1.807) is 14.5 Å². The fourth-order valence-electron chi connectivity index (χ4n) is 3.99. The van der Waals surface area contributed by atoms with Gasteiger partial charge in [0.2, 0.25) is 11.8 Å². The number of carbonyl (C=O) groups is 3. The van der Waals surface area contributed by atoms with E-state index < -0.39 is 0 Å². The topological polar surface area (TPSA) is 102 Å². The molecule has 0 saturated carbocycles. The minimum atomic E-state index is -0.300. The maximum atomic E-state index is 13.0. The van der Waals surface area contributed by atoms with Crippen molar-refractivity contribution in [2.24, 2.45) is 5.92 Å². The Morgan fingerprint density at radius 1 is 1.21 bits per heavy atom. The number of aromatic nitrogens is 2. The van der Waals surface area contributed by atoms with Crippen molar-refractivity contribution in [2.45, 2.75) is 26.2 Å². The molecule has 0 aliphatic carbocycles. The van der Waals surface area contributed by atoms with Gasteiger partial charge in [-0.15, -0.1) is 0 Å². The highest BCUT2D eigenvalue weighted by Crippen LogP contribution is 2.26. The van der Waals surface area contributed by atoms with E-state index in [4.69, 9.17) is 5.73 Å². The molecule has 8 nitrogen and oxygen atoms in total. The number of carbonyl (C=O) groups excluding carboxylic acids is 3. The summed E-state index contributed by atoms with van der Waals surface area (Å²) < 4.78 is 1.56. The number of aryl methyl sites for hydroxylation is 1. The van der Waals surface area contributed by atoms with Gasteiger partial charge < -0.3 is 15.5 Å². The van der Waals surface area contributed by atoms with Crippen LogP contribution in [-0.2, 0) is 9.59 Å². The molecule has 2 N–H and O–H groups in total. The lowest BCUT2D eigenvalue weighted by molar-refractivity contribution is -0.137. The number of anilines is 1. The number of likely N-dealkylation sites (tertiary alicyclic amines) is 2. The predicted octanol–water partition coefficient (Wildman–Crippen LogP) is 1.42. The van der Waals surface area contributed by atoms with Crippen molar-refractivity contribution < 1.29 is 14.4 Å². The van der Waals surface area contributed by atoms with Crippen LogP contribution in [0.15, 0.2) is 30.5 Å². The molecule has 2 aromatic rings. The van der Waals surface area contributed by atoms with E-state index in [-0.39, 0.29) is 30.1 Å². The largest absolute Gasteiger partial charge is 0.383 e. The molecule has 0 unspecified atom stereocenters. The van der Waals surface area contributed by atoms with Crippen molar-refractivity contribution in [2.75, 3.05) is 31.9 Å². The number of Topliss-reactive ketones (excluding diaryl/α,β-unsaturated/α-hetero) is 1. The van der Waals surface area contributed by atoms with Gasteiger partial charge in [-0.05, 0) is 31.9 Å². The SMILES string of the molecule is Cc1ccc(-n2ncc(C(=O)[C@@H]3CCN(C(=O)CN4CCCC4=O)C3)c2N)cc1. The van der Waals surface area contributed by atoms with E-state index in [0.29, 0.717) is 43.9 Å². The molecule has 1 aromatic heterocycles. The molecule has 3 heterocycles. The summed E-state index contributed by atoms with van der Waals surface area (Å²) >= 11 is 0. The van der Waals surface area contributed by atoms with Crippen molar-refractivity contribution in [3.63, 3.8) is 0 Å². The lowest BCUT2D eigenvalue weighted by Crippen LogP contribution is -2.40. The predicted molar refractivity (Wildman–Crippen MR) is 108 cm³/mol. The third-order valence-electron chi connectivity index (χ3n) is 5.76. The van der Waals surface area contributed by atoms with E-state index in [1.807, 2.05) is 31.2 Å². The first-order valence-electron chi connectivity index (χ1n) is 9.94. The first-order valence-corrected chi connectivity index (χ1v) is 9.94. The number of amides is 2. The molecule has 2 amide bonds. The molecule has 0 spiro atoms. The average molecular weight is 395 g/mol. The Balaban J connectivity index is 1.42. The molecule has 2 aliphatic heterocycles. The average Bonchev–Trinajstić information content (AvgIpc) is 3.43. The van der Waals surface area contributed by atoms with Gasteiger partial charge in [-0.25, -0.2) is 4.68 Å². The minimum absolute atomic E-state index is 0.0291. The van der Waals surface area contributed by atoms with E-state index in [0.717, 1.165) is 17.7 Å². The van der Waals surface area contributed by atoms with Gasteiger partial charge in [-0.3, -0.25) is 14.4 Å². The highest BCUT2D eigenvalue weighted by Gasteiger charge is 2.34. The molecule has 2 saturated heterocycles. The van der Waals surface area contributed by atoms with Gasteiger partial charge in [-0.2, -0.15) is 5.10 Å². The molecule has 2 fully saturated rings. The molecule has 1 aromatic carbocycles. The van der Waals surface area contributed by atoms with Crippen molar-refractivity contribution in [1.29, 1.82) is 0 Å². The Morgan fingerprint density at radius 2 is 1.97 bits per heavy atom. The molecular formula is C21H25N5O3. The van der Waals surface area contributed by atoms with Crippen molar-refractivity contribution in [1.82, 2.24) is 19.6 Å². The summed E-state index contributed by atoms with van der Waals surface area (Å²) in [7, 11) is 0. The summed E-state index contributed by atoms with van der Waals surface area (Å²) in [4.78, 5) is 40.5. The molecule has 8 heteroatoms. The number of nitrogens with zero attached hydrogens (tertiary/aromatic N) is 4. The Morgan fingerprint density at radius 3 is 2.66 bits per heavy atom. The summed E-state index contributed by atoms with van der Waals surface area (Å²) in [6, 6.07) is 7.73. The van der Waals surface area contributed by atoms with Crippen LogP contribution in [0.25, 0.3) is 5.69 Å². The Labute approximate surface area is 169 Å². The zero-order valence-electron chi connectivity index (χ0n) is 16.5. The van der Waals surface area contributed by atoms with Gasteiger partial charge in [0, 0.05) is 32.0 Å². The standard InChI is InChI=1S/C21H25N5O3/c1-14-4-6-16(7-5-14)26-21(22)17(11-23-26)20(29)15-8-10-25(12-15)19(28)13-24-9-2-3-18(24)27/h4-7,11,15H,2-3,8-10,12-13,22H2,1H3/t15-/m1/s1. The number of rotatable bonds is 5. The first-order chi connectivity index (χ1) is 13.9. The maximum Gasteiger partial charge on any atom is 0.242 e. The normalized spacial score (nSPS) is 19.2. The third-order valence-corrected chi connectivity index (χ3v) is 5.76. The summed E-state index contributed by atoms with van der Waals surface area (Å²) in [5.41, 5.74) is 8.53. The number of hydrogen-bond acceptors (Lipinski definition) is 5. The van der Waals surface area contributed by atoms with Gasteiger partial charge >= 0.3 is 0 Å². The second-order valence-electron chi connectivity index (χ2n) is 7.80. The fourth-order valence-corrected chi connectivity index (χ4v) is 3.99. The van der Waals surface area contributed by atoms with Crippen molar-refractivity contribution in [3.8, 4) is 5.69 Å². The molecule has 2 aliphatic rings. The smallest absolute Gasteiger partial charge is 0.242 e. The van der Waals surface area contributed by atoms with Gasteiger partial charge in [-0.1, -0.05) is 17.7 Å². The summed E-state index contributed by atoms with van der Waals surface area (Å²) in [6.45, 7) is 3.61. The molecular weight excluding hydrogens is 370 g/mol. The number of nitrogen functional groups attached to an aromatic ring is 1. The lowest BCUT2D eigenvalue weighted by Gasteiger charge is -2.21. The number of ketones is 1. The van der Waals surface area contributed by atoms with E-state index >= 15 is 0 Å². The quantitative estimate of drug-likeness (QED) is 0.772. The van der Waals surface area contributed by atoms with E-state index in [9.17, 15) is 14.4 Å². The van der Waals surface area contributed by atoms with Crippen molar-refractivity contribution in [3.05, 3.63) is 41.6 Å². The van der Waals surface area contributed by atoms with Gasteiger partial charge in [0.05, 0.1) is 24.0 Å². The Kier molecular flexibility index (Phi) is 5.08. The van der Waals surface area contributed by atoms with Crippen LogP contribution < -0.4 is 5.73 Å². The molecule has 29 heavy (non-hydrogen) atoms. The Bertz CT molecular complexity index is 950. The molecule has 152 valence electrons. The van der Waals surface area contributed by atoms with Crippen LogP contribution in [0, 0.1) is 12.8 Å². The van der Waals surface area contributed by atoms with Crippen LogP contribution in [0.4, 0.5) is 5.82 Å². The first kappa shape index (κ1) is 19.2.